The molecule has 0 aromatic heterocycles. The molecule has 2 N–H and O–H groups in total. The van der Waals surface area contributed by atoms with Gasteiger partial charge in [0.15, 0.2) is 0 Å². The van der Waals surface area contributed by atoms with Gasteiger partial charge < -0.3 is 10.6 Å². The van der Waals surface area contributed by atoms with Gasteiger partial charge in [0.2, 0.25) is 5.91 Å². The number of hydrogen-bond donors (Lipinski definition) is 2. The summed E-state index contributed by atoms with van der Waals surface area (Å²) < 4.78 is 0.933. The van der Waals surface area contributed by atoms with Crippen molar-refractivity contribution in [3.63, 3.8) is 0 Å². The summed E-state index contributed by atoms with van der Waals surface area (Å²) >= 11 is 3.35. The van der Waals surface area contributed by atoms with E-state index in [1.54, 1.807) is 0 Å². The molecule has 0 fully saturated rings. The molecular weight excluding hydrogens is 232 g/mol. The van der Waals surface area contributed by atoms with Crippen molar-refractivity contribution in [3.05, 3.63) is 22.7 Å². The summed E-state index contributed by atoms with van der Waals surface area (Å²) in [5, 5.41) is 5.71. The van der Waals surface area contributed by atoms with E-state index in [4.69, 9.17) is 0 Å². The average Bonchev–Trinajstić information content (AvgIpc) is 2.01. The van der Waals surface area contributed by atoms with Crippen molar-refractivity contribution in [2.24, 2.45) is 0 Å². The molecule has 0 aliphatic carbocycles. The lowest BCUT2D eigenvalue weighted by Gasteiger charge is -2.06. The Bertz CT molecular complexity index is 325. The first-order valence-corrected chi connectivity index (χ1v) is 4.67. The van der Waals surface area contributed by atoms with Gasteiger partial charge in [-0.15, -0.1) is 0 Å². The molecule has 0 aliphatic heterocycles. The van der Waals surface area contributed by atoms with Gasteiger partial charge in [-0.2, -0.15) is 0 Å². The molecule has 70 valence electrons. The maximum atomic E-state index is 10.8. The van der Waals surface area contributed by atoms with Crippen LogP contribution in [0.15, 0.2) is 22.7 Å². The van der Waals surface area contributed by atoms with Crippen LogP contribution in [0.25, 0.3) is 0 Å². The molecule has 0 aliphatic rings. The molecule has 0 atom stereocenters. The van der Waals surface area contributed by atoms with Crippen LogP contribution in [0.2, 0.25) is 0 Å². The Hall–Kier alpha value is -1.03. The van der Waals surface area contributed by atoms with Crippen molar-refractivity contribution in [1.29, 1.82) is 0 Å². The van der Waals surface area contributed by atoms with Crippen molar-refractivity contribution in [2.75, 3.05) is 17.7 Å². The van der Waals surface area contributed by atoms with Crippen molar-refractivity contribution in [3.8, 4) is 0 Å². The third-order valence-corrected chi connectivity index (χ3v) is 1.96. The van der Waals surface area contributed by atoms with Crippen LogP contribution in [0, 0.1) is 0 Å². The first-order chi connectivity index (χ1) is 6.11. The maximum Gasteiger partial charge on any atom is 0.221 e. The van der Waals surface area contributed by atoms with Crippen LogP contribution >= 0.6 is 15.9 Å². The number of carbonyl (C=O) groups excluding carboxylic acids is 1. The number of rotatable bonds is 2. The fourth-order valence-corrected chi connectivity index (χ4v) is 1.50. The molecule has 3 nitrogen and oxygen atoms in total. The smallest absolute Gasteiger partial charge is 0.221 e. The van der Waals surface area contributed by atoms with Crippen LogP contribution in [0.1, 0.15) is 6.92 Å². The van der Waals surface area contributed by atoms with E-state index in [1.807, 2.05) is 25.2 Å². The Labute approximate surface area is 85.7 Å². The van der Waals surface area contributed by atoms with E-state index in [0.29, 0.717) is 0 Å². The molecule has 0 heterocycles. The number of hydrogen-bond acceptors (Lipinski definition) is 2. The summed E-state index contributed by atoms with van der Waals surface area (Å²) in [6, 6.07) is 5.65. The van der Waals surface area contributed by atoms with E-state index >= 15 is 0 Å². The van der Waals surface area contributed by atoms with Gasteiger partial charge in [0.1, 0.15) is 0 Å². The Balaban J connectivity index is 2.94. The van der Waals surface area contributed by atoms with Crippen molar-refractivity contribution in [1.82, 2.24) is 0 Å². The highest BCUT2D eigenvalue weighted by atomic mass is 79.9. The van der Waals surface area contributed by atoms with Crippen LogP contribution in [-0.4, -0.2) is 13.0 Å². The molecule has 13 heavy (non-hydrogen) atoms. The molecule has 0 saturated carbocycles. The van der Waals surface area contributed by atoms with E-state index in [0.717, 1.165) is 15.8 Å². The molecule has 1 aromatic carbocycles. The largest absolute Gasteiger partial charge is 0.388 e. The molecule has 0 unspecified atom stereocenters. The summed E-state index contributed by atoms with van der Waals surface area (Å²) in [7, 11) is 1.83. The van der Waals surface area contributed by atoms with Crippen molar-refractivity contribution >= 4 is 33.2 Å². The molecule has 0 radical (unpaired) electrons. The quantitative estimate of drug-likeness (QED) is 0.837. The summed E-state index contributed by atoms with van der Waals surface area (Å²) in [6.07, 6.45) is 0. The van der Waals surface area contributed by atoms with Gasteiger partial charge in [0.05, 0.1) is 0 Å². The number of amides is 1. The van der Waals surface area contributed by atoms with E-state index < -0.39 is 0 Å². The highest BCUT2D eigenvalue weighted by Crippen LogP contribution is 2.22. The summed E-state index contributed by atoms with van der Waals surface area (Å²) in [5.74, 6) is -0.0693. The monoisotopic (exact) mass is 242 g/mol. The van der Waals surface area contributed by atoms with Crippen LogP contribution in [-0.2, 0) is 4.79 Å². The fraction of sp³-hybridized carbons (Fsp3) is 0.222. The van der Waals surface area contributed by atoms with Crippen LogP contribution in [0.3, 0.4) is 0 Å². The first-order valence-electron chi connectivity index (χ1n) is 3.88. The van der Waals surface area contributed by atoms with Gasteiger partial charge in [0, 0.05) is 29.8 Å². The molecule has 1 rings (SSSR count). The Morgan fingerprint density at radius 3 is 2.46 bits per heavy atom. The lowest BCUT2D eigenvalue weighted by Crippen LogP contribution is -2.05. The molecule has 0 saturated heterocycles. The van der Waals surface area contributed by atoms with Gasteiger partial charge in [-0.3, -0.25) is 4.79 Å². The van der Waals surface area contributed by atoms with E-state index in [-0.39, 0.29) is 5.91 Å². The fourth-order valence-electron chi connectivity index (χ4n) is 1.01. The molecule has 1 aromatic rings. The number of nitrogens with one attached hydrogen (secondary N) is 2. The van der Waals surface area contributed by atoms with E-state index in [1.165, 1.54) is 6.92 Å². The third kappa shape index (κ3) is 3.06. The minimum Gasteiger partial charge on any atom is -0.388 e. The Kier molecular flexibility index (Phi) is 3.31. The summed E-state index contributed by atoms with van der Waals surface area (Å²) in [6.45, 7) is 1.49. The van der Waals surface area contributed by atoms with Gasteiger partial charge >= 0.3 is 0 Å². The van der Waals surface area contributed by atoms with Crippen LogP contribution in [0.4, 0.5) is 11.4 Å². The zero-order valence-electron chi connectivity index (χ0n) is 7.52. The normalized spacial score (nSPS) is 9.46. The number of benzene rings is 1. The number of carbonyl (C=O) groups is 1. The molecule has 1 amide bonds. The second kappa shape index (κ2) is 4.28. The predicted molar refractivity (Wildman–Crippen MR) is 58.0 cm³/mol. The topological polar surface area (TPSA) is 41.1 Å². The Morgan fingerprint density at radius 1 is 1.31 bits per heavy atom. The molecule has 0 spiro atoms. The van der Waals surface area contributed by atoms with Crippen molar-refractivity contribution in [2.45, 2.75) is 6.92 Å². The predicted octanol–water partition coefficient (Wildman–Crippen LogP) is 2.45. The average molecular weight is 243 g/mol. The lowest BCUT2D eigenvalue weighted by molar-refractivity contribution is -0.114. The second-order valence-corrected chi connectivity index (χ2v) is 3.58. The van der Waals surface area contributed by atoms with Gasteiger partial charge in [-0.1, -0.05) is 15.9 Å². The van der Waals surface area contributed by atoms with Crippen molar-refractivity contribution < 1.29 is 4.79 Å². The molecule has 4 heteroatoms. The molecular formula is C9H11BrN2O. The summed E-state index contributed by atoms with van der Waals surface area (Å²) in [4.78, 5) is 10.8. The summed E-state index contributed by atoms with van der Waals surface area (Å²) in [5.41, 5.74) is 1.74. The van der Waals surface area contributed by atoms with Gasteiger partial charge in [-0.05, 0) is 18.2 Å². The first kappa shape index (κ1) is 10.1. The molecule has 0 bridgehead atoms. The van der Waals surface area contributed by atoms with E-state index in [2.05, 4.69) is 26.6 Å². The van der Waals surface area contributed by atoms with E-state index in [9.17, 15) is 4.79 Å². The van der Waals surface area contributed by atoms with Crippen LogP contribution in [0.5, 0.6) is 0 Å². The number of halogens is 1. The van der Waals surface area contributed by atoms with Crippen LogP contribution < -0.4 is 10.6 Å². The third-order valence-electron chi connectivity index (χ3n) is 1.51. The highest BCUT2D eigenvalue weighted by molar-refractivity contribution is 9.10. The zero-order chi connectivity index (χ0) is 9.84. The Morgan fingerprint density at radius 2 is 1.92 bits per heavy atom. The highest BCUT2D eigenvalue weighted by Gasteiger charge is 1.99. The SMILES string of the molecule is CNc1cc(Br)cc(NC(C)=O)c1. The minimum atomic E-state index is -0.0693. The van der Waals surface area contributed by atoms with Gasteiger partial charge in [-0.25, -0.2) is 0 Å². The zero-order valence-corrected chi connectivity index (χ0v) is 9.10. The second-order valence-electron chi connectivity index (χ2n) is 2.66. The standard InChI is InChI=1S/C9H11BrN2O/c1-6(13)12-9-4-7(10)3-8(5-9)11-2/h3-5,11H,1-2H3,(H,12,13). The van der Waals surface area contributed by atoms with Gasteiger partial charge in [0.25, 0.3) is 0 Å². The minimum absolute atomic E-state index is 0.0693. The lowest BCUT2D eigenvalue weighted by atomic mass is 10.3. The number of anilines is 2. The maximum absolute atomic E-state index is 10.8.